The summed E-state index contributed by atoms with van der Waals surface area (Å²) in [6.45, 7) is 1.42. The fraction of sp³-hybridized carbons (Fsp3) is 0.0500. The number of ketones is 1. The predicted octanol–water partition coefficient (Wildman–Crippen LogP) is 3.54. The number of carbonyl (C=O) groups is 1. The van der Waals surface area contributed by atoms with Crippen molar-refractivity contribution in [3.63, 3.8) is 0 Å². The molecule has 3 aromatic rings. The van der Waals surface area contributed by atoms with E-state index in [4.69, 9.17) is 17.3 Å². The van der Waals surface area contributed by atoms with E-state index in [2.05, 4.69) is 0 Å². The third-order valence-corrected chi connectivity index (χ3v) is 7.49. The maximum Gasteiger partial charge on any atom is 0.294 e. The van der Waals surface area contributed by atoms with Crippen LogP contribution >= 0.6 is 11.6 Å². The van der Waals surface area contributed by atoms with Gasteiger partial charge in [-0.25, -0.2) is 8.42 Å². The minimum Gasteiger partial charge on any atom is -0.398 e. The van der Waals surface area contributed by atoms with Crippen molar-refractivity contribution < 1.29 is 26.2 Å². The Kier molecular flexibility index (Phi) is 5.74. The van der Waals surface area contributed by atoms with E-state index in [1.165, 1.54) is 49.4 Å². The zero-order chi connectivity index (χ0) is 22.3. The number of benzene rings is 3. The molecule has 156 valence electrons. The Hall–Kier alpha value is -2.72. The number of carbonyl (C=O) groups excluding carboxylic acids is 1. The van der Waals surface area contributed by atoms with Crippen molar-refractivity contribution in [3.8, 4) is 0 Å². The molecular weight excluding hydrogens is 450 g/mol. The molecule has 0 aliphatic heterocycles. The lowest BCUT2D eigenvalue weighted by Crippen LogP contribution is -2.10. The normalized spacial score (nSPS) is 12.0. The molecular formula is C20H16ClNO6S2. The van der Waals surface area contributed by atoms with Gasteiger partial charge < -0.3 is 5.73 Å². The molecule has 0 fully saturated rings. The molecule has 0 aliphatic rings. The Morgan fingerprint density at radius 1 is 0.867 bits per heavy atom. The summed E-state index contributed by atoms with van der Waals surface area (Å²) in [7, 11) is -8.82. The molecule has 10 heteroatoms. The molecule has 0 saturated carbocycles. The first-order valence-electron chi connectivity index (χ1n) is 8.44. The standard InChI is InChI=1S/C20H16ClNO6S2/c1-12-2-8-16(11-19(12)30(26,27)28)29(24,25)18-9-5-14(10-17(18)22)20(23)13-3-6-15(21)7-4-13/h2-11H,22H2,1H3,(H,26,27,28). The monoisotopic (exact) mass is 465 g/mol. The van der Waals surface area contributed by atoms with E-state index in [1.807, 2.05) is 0 Å². The summed E-state index contributed by atoms with van der Waals surface area (Å²) >= 11 is 5.81. The zero-order valence-electron chi connectivity index (χ0n) is 15.5. The maximum absolute atomic E-state index is 13.0. The van der Waals surface area contributed by atoms with Crippen molar-refractivity contribution in [3.05, 3.63) is 82.4 Å². The van der Waals surface area contributed by atoms with E-state index in [9.17, 15) is 26.2 Å². The summed E-state index contributed by atoms with van der Waals surface area (Å²) in [5, 5.41) is 0.467. The number of halogens is 1. The summed E-state index contributed by atoms with van der Waals surface area (Å²) in [6.07, 6.45) is 0. The van der Waals surface area contributed by atoms with E-state index < -0.39 is 24.9 Å². The van der Waals surface area contributed by atoms with Gasteiger partial charge >= 0.3 is 0 Å². The molecule has 0 amide bonds. The first-order chi connectivity index (χ1) is 13.9. The van der Waals surface area contributed by atoms with Crippen LogP contribution in [-0.2, 0) is 20.0 Å². The highest BCUT2D eigenvalue weighted by atomic mass is 35.5. The van der Waals surface area contributed by atoms with Crippen LogP contribution in [0, 0.1) is 6.92 Å². The van der Waals surface area contributed by atoms with E-state index in [-0.39, 0.29) is 32.4 Å². The Balaban J connectivity index is 2.04. The van der Waals surface area contributed by atoms with Crippen molar-refractivity contribution >= 4 is 43.0 Å². The third-order valence-electron chi connectivity index (χ3n) is 4.42. The largest absolute Gasteiger partial charge is 0.398 e. The maximum atomic E-state index is 13.0. The molecule has 0 unspecified atom stereocenters. The molecule has 7 nitrogen and oxygen atoms in total. The van der Waals surface area contributed by atoms with Crippen LogP contribution in [0.2, 0.25) is 5.02 Å². The molecule has 0 spiro atoms. The Morgan fingerprint density at radius 3 is 2.03 bits per heavy atom. The van der Waals surface area contributed by atoms with Crippen molar-refractivity contribution in [2.24, 2.45) is 0 Å². The van der Waals surface area contributed by atoms with Crippen LogP contribution in [0.4, 0.5) is 5.69 Å². The lowest BCUT2D eigenvalue weighted by molar-refractivity contribution is 0.103. The molecule has 0 aromatic heterocycles. The van der Waals surface area contributed by atoms with Gasteiger partial charge in [-0.2, -0.15) is 8.42 Å². The van der Waals surface area contributed by atoms with Crippen LogP contribution < -0.4 is 5.73 Å². The number of aryl methyl sites for hydroxylation is 1. The Bertz CT molecular complexity index is 1360. The number of sulfone groups is 1. The van der Waals surface area contributed by atoms with Gasteiger partial charge in [0.05, 0.1) is 20.4 Å². The van der Waals surface area contributed by atoms with Crippen molar-refractivity contribution in [2.75, 3.05) is 5.73 Å². The molecule has 0 atom stereocenters. The Morgan fingerprint density at radius 2 is 1.47 bits per heavy atom. The summed E-state index contributed by atoms with van der Waals surface area (Å²) < 4.78 is 58.3. The SMILES string of the molecule is Cc1ccc(S(=O)(=O)c2ccc(C(=O)c3ccc(Cl)cc3)cc2N)cc1S(=O)(=O)O. The molecule has 3 N–H and O–H groups in total. The minimum absolute atomic E-state index is 0.177. The van der Waals surface area contributed by atoms with Gasteiger partial charge in [-0.3, -0.25) is 9.35 Å². The predicted molar refractivity (Wildman–Crippen MR) is 112 cm³/mol. The van der Waals surface area contributed by atoms with Crippen LogP contribution in [0.1, 0.15) is 21.5 Å². The van der Waals surface area contributed by atoms with Crippen molar-refractivity contribution in [2.45, 2.75) is 21.6 Å². The highest BCUT2D eigenvalue weighted by Crippen LogP contribution is 2.30. The molecule has 0 saturated heterocycles. The second kappa shape index (κ2) is 7.84. The van der Waals surface area contributed by atoms with Gasteiger partial charge in [0.2, 0.25) is 9.84 Å². The summed E-state index contributed by atoms with van der Waals surface area (Å²) in [5.41, 5.74) is 6.46. The molecule has 0 aliphatic carbocycles. The van der Waals surface area contributed by atoms with Crippen LogP contribution in [0.3, 0.4) is 0 Å². The van der Waals surface area contributed by atoms with E-state index in [1.54, 1.807) is 12.1 Å². The van der Waals surface area contributed by atoms with Gasteiger partial charge in [-0.15, -0.1) is 0 Å². The average Bonchev–Trinajstić information content (AvgIpc) is 2.67. The number of nitrogens with two attached hydrogens (primary N) is 1. The molecule has 0 radical (unpaired) electrons. The Labute approximate surface area is 178 Å². The lowest BCUT2D eigenvalue weighted by atomic mass is 10.0. The van der Waals surface area contributed by atoms with E-state index in [0.717, 1.165) is 6.07 Å². The van der Waals surface area contributed by atoms with Crippen LogP contribution in [0.5, 0.6) is 0 Å². The second-order valence-corrected chi connectivity index (χ2v) is 10.2. The van der Waals surface area contributed by atoms with E-state index >= 15 is 0 Å². The average molecular weight is 466 g/mol. The fourth-order valence-electron chi connectivity index (χ4n) is 2.85. The van der Waals surface area contributed by atoms with Gasteiger partial charge in [0.25, 0.3) is 10.1 Å². The van der Waals surface area contributed by atoms with Crippen LogP contribution in [-0.4, -0.2) is 27.2 Å². The van der Waals surface area contributed by atoms with Crippen LogP contribution in [0.25, 0.3) is 0 Å². The lowest BCUT2D eigenvalue weighted by Gasteiger charge is -2.11. The summed E-state index contributed by atoms with van der Waals surface area (Å²) in [5.74, 6) is -0.369. The van der Waals surface area contributed by atoms with Crippen LogP contribution in [0.15, 0.2) is 75.4 Å². The van der Waals surface area contributed by atoms with Gasteiger partial charge in [-0.05, 0) is 67.1 Å². The first-order valence-corrected chi connectivity index (χ1v) is 11.7. The van der Waals surface area contributed by atoms with Crippen molar-refractivity contribution in [1.82, 2.24) is 0 Å². The smallest absolute Gasteiger partial charge is 0.294 e. The molecule has 0 heterocycles. The quantitative estimate of drug-likeness (QED) is 0.334. The van der Waals surface area contributed by atoms with Gasteiger partial charge in [0.1, 0.15) is 0 Å². The van der Waals surface area contributed by atoms with Gasteiger partial charge in [0, 0.05) is 16.1 Å². The molecule has 3 aromatic carbocycles. The minimum atomic E-state index is -4.61. The number of hydrogen-bond donors (Lipinski definition) is 2. The van der Waals surface area contributed by atoms with E-state index in [0.29, 0.717) is 10.6 Å². The summed E-state index contributed by atoms with van der Waals surface area (Å²) in [4.78, 5) is 11.4. The summed E-state index contributed by atoms with van der Waals surface area (Å²) in [6, 6.07) is 13.3. The number of anilines is 1. The zero-order valence-corrected chi connectivity index (χ0v) is 17.9. The number of nitrogen functional groups attached to an aromatic ring is 1. The highest BCUT2D eigenvalue weighted by molar-refractivity contribution is 7.91. The fourth-order valence-corrected chi connectivity index (χ4v) is 5.20. The first kappa shape index (κ1) is 22.0. The van der Waals surface area contributed by atoms with Crippen molar-refractivity contribution in [1.29, 1.82) is 0 Å². The third kappa shape index (κ3) is 4.24. The number of rotatable bonds is 5. The topological polar surface area (TPSA) is 132 Å². The molecule has 0 bridgehead atoms. The van der Waals surface area contributed by atoms with Gasteiger partial charge in [-0.1, -0.05) is 17.7 Å². The second-order valence-electron chi connectivity index (χ2n) is 6.49. The molecule has 30 heavy (non-hydrogen) atoms. The highest BCUT2D eigenvalue weighted by Gasteiger charge is 2.25. The number of hydrogen-bond acceptors (Lipinski definition) is 6. The molecule has 3 rings (SSSR count). The van der Waals surface area contributed by atoms with Gasteiger partial charge in [0.15, 0.2) is 5.78 Å².